The highest BCUT2D eigenvalue weighted by molar-refractivity contribution is 6.23. The summed E-state index contributed by atoms with van der Waals surface area (Å²) in [7, 11) is 3.44. The van der Waals surface area contributed by atoms with Gasteiger partial charge in [-0.3, -0.25) is 14.4 Å². The van der Waals surface area contributed by atoms with Crippen LogP contribution in [0.15, 0.2) is 24.5 Å². The van der Waals surface area contributed by atoms with E-state index in [1.807, 2.05) is 12.1 Å². The van der Waals surface area contributed by atoms with E-state index in [2.05, 4.69) is 15.3 Å². The van der Waals surface area contributed by atoms with Gasteiger partial charge in [0.05, 0.1) is 42.5 Å². The molecule has 16 nitrogen and oxygen atoms in total. The molecule has 7 N–H and O–H groups in total. The lowest BCUT2D eigenvalue weighted by molar-refractivity contribution is -0.643. The highest BCUT2D eigenvalue weighted by Crippen LogP contribution is 2.55. The van der Waals surface area contributed by atoms with E-state index in [0.717, 1.165) is 13.1 Å². The number of hydrazone groups is 1. The Morgan fingerprint density at radius 3 is 2.25 bits per heavy atom. The normalized spacial score (nSPS) is 32.4. The number of allylic oxidation sites excluding steroid dienone is 1. The molecule has 10 atom stereocenters. The zero-order valence-electron chi connectivity index (χ0n) is 35.5. The predicted octanol–water partition coefficient (Wildman–Crippen LogP) is 2.31. The fourth-order valence-electron chi connectivity index (χ4n) is 8.05. The van der Waals surface area contributed by atoms with Crippen molar-refractivity contribution in [1.29, 1.82) is 0 Å². The third-order valence-corrected chi connectivity index (χ3v) is 12.0. The number of aliphatic hydroxyl groups excluding tert-OH is 2. The number of methoxy groups -OCH3 is 1. The monoisotopic (exact) mass is 824 g/mol. The molecule has 0 radical (unpaired) electrons. The van der Waals surface area contributed by atoms with Gasteiger partial charge in [-0.1, -0.05) is 40.5 Å². The Hall–Kier alpha value is -5.03. The molecule has 4 aliphatic heterocycles. The molecule has 16 heteroatoms. The lowest BCUT2D eigenvalue weighted by Gasteiger charge is -2.38. The number of phenolic OH excluding ortho intramolecular Hbond substituents is 3. The maximum atomic E-state index is 14.4. The molecule has 1 saturated heterocycles. The van der Waals surface area contributed by atoms with Crippen LogP contribution in [0, 0.1) is 42.9 Å². The van der Waals surface area contributed by atoms with Gasteiger partial charge in [0, 0.05) is 68.9 Å². The molecule has 0 aliphatic carbocycles. The first-order chi connectivity index (χ1) is 27.7. The van der Waals surface area contributed by atoms with Crippen molar-refractivity contribution in [3.8, 4) is 23.0 Å². The standard InChI is InChI=1S/C43H59N4O12/c1-21-12-11-13-22(2)42(55)45-33-28(20-44-47-17-15-46(9)16-18-47)37(52)30-31(38(33)53)36(51)26(6)40-32(30)41(54)43(8,59-40)57-19-14-29(56-10)23(3)39(58-27(7)48)25(5)35(50)24(4)34(21)49/h11-14,19-25,29,34-35,39,49-53H,15-18H2,1-10H3,(H,45,55)/q-1/p+1/b12-11+,19-14+,44-20+/t21-,22+,23+,24+,25+,29-,34-,35+,39+,43-/m0/s1. The minimum Gasteiger partial charge on any atom is -0.507 e. The van der Waals surface area contributed by atoms with Crippen molar-refractivity contribution in [1.82, 2.24) is 9.91 Å². The molecule has 6 rings (SSSR count). The average Bonchev–Trinajstić information content (AvgIpc) is 3.46. The van der Waals surface area contributed by atoms with Crippen LogP contribution in [0.25, 0.3) is 10.8 Å². The number of likely N-dealkylation sites (N-methyl/N-ethyl adjacent to an activating group) is 1. The van der Waals surface area contributed by atoms with Crippen LogP contribution >= 0.6 is 0 Å². The van der Waals surface area contributed by atoms with Gasteiger partial charge in [-0.25, -0.2) is 18.6 Å². The number of nitrogens with one attached hydrogen (secondary N) is 2. The summed E-state index contributed by atoms with van der Waals surface area (Å²) in [6.07, 6.45) is 5.20. The number of fused-ring (bicyclic) bond motifs is 15. The van der Waals surface area contributed by atoms with Crippen LogP contribution in [0.2, 0.25) is 0 Å². The molecular formula is C43H60N4O12. The summed E-state index contributed by atoms with van der Waals surface area (Å²) in [5.41, 5.74) is -0.368. The van der Waals surface area contributed by atoms with Crippen LogP contribution in [0.1, 0.15) is 70.0 Å². The minimum absolute atomic E-state index is 0.0649. The maximum Gasteiger partial charge on any atom is 0.312 e. The Morgan fingerprint density at radius 2 is 1.63 bits per heavy atom. The second kappa shape index (κ2) is 18.1. The Labute approximate surface area is 345 Å². The number of aliphatic hydroxyl groups is 2. The van der Waals surface area contributed by atoms with Crippen molar-refractivity contribution in [3.05, 3.63) is 47.6 Å². The number of esters is 1. The number of nitrogens with zero attached hydrogens (tertiary/aromatic N) is 2. The lowest BCUT2D eigenvalue weighted by atomic mass is 9.78. The summed E-state index contributed by atoms with van der Waals surface area (Å²) in [6, 6.07) is 0. The number of benzene rings is 2. The number of anilines is 1. The topological polar surface area (TPSA) is 222 Å². The lowest BCUT2D eigenvalue weighted by Crippen LogP contribution is -2.83. The van der Waals surface area contributed by atoms with Crippen LogP contribution < -0.4 is 15.2 Å². The number of piperazine rings is 1. The quantitative estimate of drug-likeness (QED) is 0.0774. The van der Waals surface area contributed by atoms with Crippen LogP contribution in [-0.2, 0) is 23.8 Å². The SMILES string of the molecule is CO[C@H]1/C=C/O[C@@]2(C)Oc3c(C)c(O)c4c(O)c(c(/C=[NH+]/N5CCN(C)CC5)c(O)c4c3C2=O)NC(=O)[C@H](C)[CH-]/C=C/[C@H](C)[C@H](O)[C@@H](C)[C@@H](O)[C@@H](C)[C@H](OC(C)=O)[C@@H]1C. The number of hydrogen-bond donors (Lipinski definition) is 7. The number of ketones is 1. The van der Waals surface area contributed by atoms with Crippen LogP contribution in [-0.4, -0.2) is 130 Å². The number of Topliss-reactive ketones (excluding diaryl/α,β-unsaturated/α-hetero) is 1. The smallest absolute Gasteiger partial charge is 0.312 e. The van der Waals surface area contributed by atoms with Crippen molar-refractivity contribution < 1.29 is 64.0 Å². The number of hydrogen-bond acceptors (Lipinski definition) is 14. The molecule has 0 aromatic heterocycles. The number of amides is 1. The number of phenols is 3. The van der Waals surface area contributed by atoms with Crippen LogP contribution in [0.5, 0.6) is 23.0 Å². The molecule has 59 heavy (non-hydrogen) atoms. The summed E-state index contributed by atoms with van der Waals surface area (Å²) in [5.74, 6) is -8.88. The molecule has 0 unspecified atom stereocenters. The van der Waals surface area contributed by atoms with E-state index >= 15 is 0 Å². The summed E-state index contributed by atoms with van der Waals surface area (Å²) < 4.78 is 23.6. The summed E-state index contributed by atoms with van der Waals surface area (Å²) in [6.45, 7) is 15.4. The van der Waals surface area contributed by atoms with E-state index in [1.165, 1.54) is 46.4 Å². The average molecular weight is 825 g/mol. The number of hydrazine groups is 1. The highest BCUT2D eigenvalue weighted by atomic mass is 16.7. The van der Waals surface area contributed by atoms with E-state index < -0.39 is 94.7 Å². The molecule has 4 aliphatic rings. The number of carbonyl (C=O) groups is 3. The van der Waals surface area contributed by atoms with Gasteiger partial charge in [-0.15, -0.1) is 5.10 Å². The summed E-state index contributed by atoms with van der Waals surface area (Å²) >= 11 is 0. The Kier molecular flexibility index (Phi) is 13.8. The van der Waals surface area contributed by atoms with Crippen molar-refractivity contribution >= 4 is 40.3 Å². The molecular weight excluding hydrogens is 764 g/mol. The van der Waals surface area contributed by atoms with E-state index in [-0.39, 0.29) is 38.9 Å². The number of rotatable bonds is 4. The molecule has 1 amide bonds. The van der Waals surface area contributed by atoms with Crippen LogP contribution in [0.4, 0.5) is 5.69 Å². The van der Waals surface area contributed by atoms with E-state index in [1.54, 1.807) is 53.2 Å². The van der Waals surface area contributed by atoms with Gasteiger partial charge >= 0.3 is 11.8 Å². The zero-order chi connectivity index (χ0) is 43.7. The van der Waals surface area contributed by atoms with Gasteiger partial charge in [0.15, 0.2) is 5.75 Å². The number of carbonyl (C=O) groups excluding carboxylic acids is 3. The molecule has 4 heterocycles. The maximum absolute atomic E-state index is 14.4. The third kappa shape index (κ3) is 8.95. The highest BCUT2D eigenvalue weighted by Gasteiger charge is 2.50. The Morgan fingerprint density at radius 1 is 0.966 bits per heavy atom. The molecule has 2 aromatic rings. The Bertz CT molecular complexity index is 2010. The molecule has 2 aromatic carbocycles. The van der Waals surface area contributed by atoms with Gasteiger partial charge in [-0.2, -0.15) is 5.01 Å². The van der Waals surface area contributed by atoms with Gasteiger partial charge < -0.3 is 54.7 Å². The zero-order valence-corrected chi connectivity index (χ0v) is 35.5. The summed E-state index contributed by atoms with van der Waals surface area (Å²) in [5, 5.41) is 65.8. The third-order valence-electron chi connectivity index (χ3n) is 12.0. The second-order valence-electron chi connectivity index (χ2n) is 16.3. The minimum atomic E-state index is -2.03. The number of ether oxygens (including phenoxy) is 4. The first kappa shape index (κ1) is 45.1. The van der Waals surface area contributed by atoms with Gasteiger partial charge in [0.2, 0.25) is 12.1 Å². The molecule has 0 spiro atoms. The van der Waals surface area contributed by atoms with E-state index in [0.29, 0.717) is 13.1 Å². The molecule has 5 bridgehead atoms. The molecule has 1 fully saturated rings. The first-order valence-electron chi connectivity index (χ1n) is 20.0. The van der Waals surface area contributed by atoms with Crippen molar-refractivity contribution in [3.63, 3.8) is 0 Å². The largest absolute Gasteiger partial charge is 0.507 e. The van der Waals surface area contributed by atoms with Crippen molar-refractivity contribution in [2.24, 2.45) is 29.6 Å². The fourth-order valence-corrected chi connectivity index (χ4v) is 8.05. The van der Waals surface area contributed by atoms with Gasteiger partial charge in [0.25, 0.3) is 5.78 Å². The predicted molar refractivity (Wildman–Crippen MR) is 219 cm³/mol. The van der Waals surface area contributed by atoms with E-state index in [9.17, 15) is 39.9 Å². The molecule has 324 valence electrons. The van der Waals surface area contributed by atoms with Gasteiger partial charge in [0.1, 0.15) is 34.6 Å². The van der Waals surface area contributed by atoms with Crippen molar-refractivity contribution in [2.45, 2.75) is 85.6 Å². The summed E-state index contributed by atoms with van der Waals surface area (Å²) in [4.78, 5) is 42.7. The van der Waals surface area contributed by atoms with Gasteiger partial charge in [-0.05, 0) is 26.0 Å². The Balaban J connectivity index is 1.68. The van der Waals surface area contributed by atoms with E-state index in [4.69, 9.17) is 18.9 Å². The number of aromatic hydroxyl groups is 3. The van der Waals surface area contributed by atoms with Crippen LogP contribution in [0.3, 0.4) is 0 Å². The molecule has 0 saturated carbocycles. The second-order valence-corrected chi connectivity index (χ2v) is 16.3. The first-order valence-corrected chi connectivity index (χ1v) is 20.0. The fraction of sp³-hybridized carbons (Fsp3) is 0.558. The van der Waals surface area contributed by atoms with Crippen molar-refractivity contribution in [2.75, 3.05) is 45.7 Å².